The highest BCUT2D eigenvalue weighted by Crippen LogP contribution is 2.22. The maximum Gasteiger partial charge on any atom is 0.254 e. The van der Waals surface area contributed by atoms with Crippen LogP contribution < -0.4 is 0 Å². The zero-order valence-electron chi connectivity index (χ0n) is 11.9. The van der Waals surface area contributed by atoms with E-state index in [1.807, 2.05) is 30.7 Å². The Morgan fingerprint density at radius 3 is 2.55 bits per heavy atom. The molecule has 0 aliphatic carbocycles. The molecule has 0 saturated carbocycles. The summed E-state index contributed by atoms with van der Waals surface area (Å²) in [4.78, 5) is 13.9. The lowest BCUT2D eigenvalue weighted by Crippen LogP contribution is -2.43. The number of hydrogen-bond donors (Lipinski definition) is 0. The maximum absolute atomic E-state index is 12.2. The summed E-state index contributed by atoms with van der Waals surface area (Å²) in [5.74, 6) is 0.423. The highest BCUT2D eigenvalue weighted by Gasteiger charge is 2.32. The van der Waals surface area contributed by atoms with Gasteiger partial charge in [-0.25, -0.2) is 8.42 Å². The maximum atomic E-state index is 12.2. The molecule has 1 aliphatic rings. The van der Waals surface area contributed by atoms with Gasteiger partial charge in [0.2, 0.25) is 0 Å². The van der Waals surface area contributed by atoms with Gasteiger partial charge in [0, 0.05) is 18.5 Å². The van der Waals surface area contributed by atoms with E-state index in [0.29, 0.717) is 31.5 Å². The van der Waals surface area contributed by atoms with Crippen LogP contribution in [0.15, 0.2) is 16.8 Å². The molecule has 1 fully saturated rings. The first-order valence-corrected chi connectivity index (χ1v) is 9.59. The van der Waals surface area contributed by atoms with Crippen LogP contribution in [0.25, 0.3) is 0 Å². The van der Waals surface area contributed by atoms with E-state index in [9.17, 15) is 13.2 Å². The molecule has 20 heavy (non-hydrogen) atoms. The minimum atomic E-state index is -3.02. The number of nitrogens with zero attached hydrogens (tertiary/aromatic N) is 1. The van der Waals surface area contributed by atoms with Crippen molar-refractivity contribution in [1.82, 2.24) is 4.90 Å². The predicted molar refractivity (Wildman–Crippen MR) is 81.9 cm³/mol. The summed E-state index contributed by atoms with van der Waals surface area (Å²) in [6.45, 7) is 4.92. The highest BCUT2D eigenvalue weighted by molar-refractivity contribution is 7.92. The third-order valence-corrected chi connectivity index (χ3v) is 6.87. The minimum absolute atomic E-state index is 0.0194. The van der Waals surface area contributed by atoms with Crippen LogP contribution >= 0.6 is 11.3 Å². The number of rotatable bonds is 4. The molecular formula is C14H21NO3S2. The molecule has 0 radical (unpaired) electrons. The molecule has 1 aromatic heterocycles. The van der Waals surface area contributed by atoms with Gasteiger partial charge in [-0.15, -0.1) is 0 Å². The first-order chi connectivity index (χ1) is 9.40. The van der Waals surface area contributed by atoms with Gasteiger partial charge < -0.3 is 4.90 Å². The van der Waals surface area contributed by atoms with Crippen molar-refractivity contribution in [2.75, 3.05) is 18.8 Å². The van der Waals surface area contributed by atoms with Crippen LogP contribution in [0.5, 0.6) is 0 Å². The summed E-state index contributed by atoms with van der Waals surface area (Å²) in [7, 11) is -3.02. The first-order valence-electron chi connectivity index (χ1n) is 6.93. The summed E-state index contributed by atoms with van der Waals surface area (Å²) in [6, 6.07) is 1.81. The van der Waals surface area contributed by atoms with Gasteiger partial charge in [-0.3, -0.25) is 4.79 Å². The fraction of sp³-hybridized carbons (Fsp3) is 0.643. The van der Waals surface area contributed by atoms with Crippen molar-refractivity contribution in [1.29, 1.82) is 0 Å². The first kappa shape index (κ1) is 15.5. The Balaban J connectivity index is 1.94. The van der Waals surface area contributed by atoms with Gasteiger partial charge in [0.15, 0.2) is 9.84 Å². The number of sulfone groups is 1. The molecule has 0 atom stereocenters. The summed E-state index contributed by atoms with van der Waals surface area (Å²) >= 11 is 1.50. The van der Waals surface area contributed by atoms with E-state index in [1.165, 1.54) is 11.3 Å². The van der Waals surface area contributed by atoms with E-state index >= 15 is 0 Å². The lowest BCUT2D eigenvalue weighted by molar-refractivity contribution is 0.0726. The van der Waals surface area contributed by atoms with Crippen molar-refractivity contribution in [2.45, 2.75) is 31.9 Å². The normalized spacial score (nSPS) is 17.6. The molecule has 0 aromatic carbocycles. The lowest BCUT2D eigenvalue weighted by Gasteiger charge is -2.32. The summed E-state index contributed by atoms with van der Waals surface area (Å²) < 4.78 is 24.4. The molecule has 1 aliphatic heterocycles. The number of carbonyl (C=O) groups is 1. The predicted octanol–water partition coefficient (Wildman–Crippen LogP) is 2.42. The van der Waals surface area contributed by atoms with Crippen molar-refractivity contribution in [3.05, 3.63) is 22.4 Å². The largest absolute Gasteiger partial charge is 0.339 e. The second-order valence-corrected chi connectivity index (χ2v) is 8.83. The van der Waals surface area contributed by atoms with Gasteiger partial charge in [-0.2, -0.15) is 11.3 Å². The summed E-state index contributed by atoms with van der Waals surface area (Å²) in [5.41, 5.74) is 0.707. The molecule has 1 saturated heterocycles. The molecular weight excluding hydrogens is 294 g/mol. The quantitative estimate of drug-likeness (QED) is 0.857. The highest BCUT2D eigenvalue weighted by atomic mass is 32.2. The fourth-order valence-corrected chi connectivity index (χ4v) is 5.35. The molecule has 2 rings (SSSR count). The van der Waals surface area contributed by atoms with Gasteiger partial charge in [0.05, 0.1) is 16.6 Å². The van der Waals surface area contributed by atoms with Crippen molar-refractivity contribution in [3.63, 3.8) is 0 Å². The van der Waals surface area contributed by atoms with Crippen molar-refractivity contribution >= 4 is 27.1 Å². The monoisotopic (exact) mass is 315 g/mol. The van der Waals surface area contributed by atoms with E-state index in [0.717, 1.165) is 0 Å². The van der Waals surface area contributed by atoms with E-state index in [-0.39, 0.29) is 22.8 Å². The van der Waals surface area contributed by atoms with Crippen LogP contribution in [0.4, 0.5) is 0 Å². The minimum Gasteiger partial charge on any atom is -0.339 e. The number of piperidine rings is 1. The van der Waals surface area contributed by atoms with Crippen LogP contribution in [0.2, 0.25) is 0 Å². The number of likely N-dealkylation sites (tertiary alicyclic amines) is 1. The molecule has 6 heteroatoms. The number of thiophene rings is 1. The molecule has 0 bridgehead atoms. The Hall–Kier alpha value is -0.880. The molecule has 0 N–H and O–H groups in total. The Kier molecular flexibility index (Phi) is 4.86. The number of hydrogen-bond acceptors (Lipinski definition) is 4. The second-order valence-electron chi connectivity index (χ2n) is 5.73. The molecule has 1 aromatic rings. The van der Waals surface area contributed by atoms with Crippen LogP contribution in [0.1, 0.15) is 37.0 Å². The number of amides is 1. The van der Waals surface area contributed by atoms with Gasteiger partial charge in [-0.05, 0) is 30.2 Å². The Bertz CT molecular complexity index is 541. The standard InChI is InChI=1S/C14H21NO3S2/c1-11(2)10-20(17,18)13-3-6-15(7-4-13)14(16)12-5-8-19-9-12/h5,8-9,11,13H,3-4,6-7,10H2,1-2H3. The average Bonchev–Trinajstić information content (AvgIpc) is 2.90. The van der Waals surface area contributed by atoms with Gasteiger partial charge in [0.1, 0.15) is 0 Å². The van der Waals surface area contributed by atoms with E-state index < -0.39 is 9.84 Å². The van der Waals surface area contributed by atoms with E-state index in [1.54, 1.807) is 4.90 Å². The van der Waals surface area contributed by atoms with Crippen LogP contribution in [0.3, 0.4) is 0 Å². The Morgan fingerprint density at radius 2 is 2.05 bits per heavy atom. The van der Waals surface area contributed by atoms with Gasteiger partial charge in [0.25, 0.3) is 5.91 Å². The van der Waals surface area contributed by atoms with Crippen LogP contribution in [0, 0.1) is 5.92 Å². The topological polar surface area (TPSA) is 54.5 Å². The van der Waals surface area contributed by atoms with Crippen molar-refractivity contribution in [2.24, 2.45) is 5.92 Å². The van der Waals surface area contributed by atoms with Crippen molar-refractivity contribution in [3.8, 4) is 0 Å². The Morgan fingerprint density at radius 1 is 1.40 bits per heavy atom. The van der Waals surface area contributed by atoms with Gasteiger partial charge in [-0.1, -0.05) is 13.8 Å². The SMILES string of the molecule is CC(C)CS(=O)(=O)C1CCN(C(=O)c2ccsc2)CC1. The zero-order chi connectivity index (χ0) is 14.8. The third kappa shape index (κ3) is 3.61. The van der Waals surface area contributed by atoms with E-state index in [2.05, 4.69) is 0 Å². The molecule has 0 spiro atoms. The average molecular weight is 315 g/mol. The smallest absolute Gasteiger partial charge is 0.254 e. The fourth-order valence-electron chi connectivity index (χ4n) is 2.59. The Labute approximate surface area is 124 Å². The van der Waals surface area contributed by atoms with Gasteiger partial charge >= 0.3 is 0 Å². The van der Waals surface area contributed by atoms with Crippen LogP contribution in [-0.4, -0.2) is 43.3 Å². The molecule has 1 amide bonds. The summed E-state index contributed by atoms with van der Waals surface area (Å²) in [5, 5.41) is 3.44. The second kappa shape index (κ2) is 6.26. The lowest BCUT2D eigenvalue weighted by atomic mass is 10.1. The number of carbonyl (C=O) groups excluding carboxylic acids is 1. The molecule has 4 nitrogen and oxygen atoms in total. The zero-order valence-corrected chi connectivity index (χ0v) is 13.5. The third-order valence-electron chi connectivity index (χ3n) is 3.57. The van der Waals surface area contributed by atoms with Crippen molar-refractivity contribution < 1.29 is 13.2 Å². The molecule has 112 valence electrons. The molecule has 0 unspecified atom stereocenters. The van der Waals surface area contributed by atoms with Crippen LogP contribution in [-0.2, 0) is 9.84 Å². The summed E-state index contributed by atoms with van der Waals surface area (Å²) in [6.07, 6.45) is 1.12. The van der Waals surface area contributed by atoms with E-state index in [4.69, 9.17) is 0 Å². The molecule has 2 heterocycles.